The number of amides is 1. The molecular weight excluding hydrogens is 507 g/mol. The number of methoxy groups -OCH3 is 2. The minimum absolute atomic E-state index is 0. The van der Waals surface area contributed by atoms with Gasteiger partial charge in [-0.2, -0.15) is 0 Å². The molecule has 2 aliphatic heterocycles. The van der Waals surface area contributed by atoms with Crippen LogP contribution in [0.25, 0.3) is 0 Å². The number of hydrogen-bond acceptors (Lipinski definition) is 4. The molecular formula is C23H29IN4O3. The van der Waals surface area contributed by atoms with Gasteiger partial charge in [0.25, 0.3) is 0 Å². The van der Waals surface area contributed by atoms with Crippen molar-refractivity contribution in [2.75, 3.05) is 45.8 Å². The first-order valence-electron chi connectivity index (χ1n) is 10.2. The van der Waals surface area contributed by atoms with E-state index >= 15 is 0 Å². The zero-order valence-corrected chi connectivity index (χ0v) is 20.5. The first-order valence-corrected chi connectivity index (χ1v) is 10.2. The molecule has 31 heavy (non-hydrogen) atoms. The Hall–Kier alpha value is -2.49. The third-order valence-corrected chi connectivity index (χ3v) is 5.82. The maximum absolute atomic E-state index is 12.8. The molecule has 0 spiro atoms. The largest absolute Gasteiger partial charge is 0.493 e. The second-order valence-corrected chi connectivity index (χ2v) is 7.47. The van der Waals surface area contributed by atoms with E-state index in [0.717, 1.165) is 49.1 Å². The van der Waals surface area contributed by atoms with Crippen LogP contribution in [-0.2, 0) is 24.2 Å². The zero-order chi connectivity index (χ0) is 21.1. The molecule has 0 aliphatic carbocycles. The summed E-state index contributed by atoms with van der Waals surface area (Å²) in [6, 6.07) is 12.2. The number of benzene rings is 2. The molecule has 0 radical (unpaired) electrons. The van der Waals surface area contributed by atoms with E-state index in [4.69, 9.17) is 9.47 Å². The molecule has 8 heteroatoms. The van der Waals surface area contributed by atoms with Crippen LogP contribution in [0.15, 0.2) is 41.4 Å². The highest BCUT2D eigenvalue weighted by Gasteiger charge is 2.26. The summed E-state index contributed by atoms with van der Waals surface area (Å²) in [5.41, 5.74) is 4.69. The highest BCUT2D eigenvalue weighted by Crippen LogP contribution is 2.33. The number of ether oxygens (including phenoxy) is 2. The Bertz CT molecular complexity index is 979. The Morgan fingerprint density at radius 3 is 2.42 bits per heavy atom. The molecule has 2 aliphatic rings. The molecule has 0 aromatic heterocycles. The van der Waals surface area contributed by atoms with Gasteiger partial charge in [0.2, 0.25) is 5.91 Å². The Labute approximate surface area is 200 Å². The number of nitrogens with one attached hydrogen (secondary N) is 1. The van der Waals surface area contributed by atoms with E-state index < -0.39 is 0 Å². The lowest BCUT2D eigenvalue weighted by molar-refractivity contribution is -0.117. The fourth-order valence-corrected chi connectivity index (χ4v) is 4.24. The number of nitrogens with zero attached hydrogens (tertiary/aromatic N) is 3. The fraction of sp³-hybridized carbons (Fsp3) is 0.391. The average molecular weight is 536 g/mol. The number of carbonyl (C=O) groups is 1. The Balaban J connectivity index is 0.00000272. The molecule has 4 rings (SSSR count). The lowest BCUT2D eigenvalue weighted by atomic mass is 9.99. The Kier molecular flexibility index (Phi) is 7.64. The van der Waals surface area contributed by atoms with Crippen molar-refractivity contribution in [3.8, 4) is 11.5 Å². The van der Waals surface area contributed by atoms with Crippen molar-refractivity contribution in [1.29, 1.82) is 0 Å². The van der Waals surface area contributed by atoms with Gasteiger partial charge in [-0.15, -0.1) is 24.0 Å². The third kappa shape index (κ3) is 4.73. The monoisotopic (exact) mass is 536 g/mol. The van der Waals surface area contributed by atoms with Crippen molar-refractivity contribution < 1.29 is 14.3 Å². The SMILES string of the molecule is CN=C(NCC(=O)N1CCc2ccccc21)N1CCc2cc(OC)c(OC)cc2C1.I. The summed E-state index contributed by atoms with van der Waals surface area (Å²) in [5, 5.41) is 3.26. The summed E-state index contributed by atoms with van der Waals surface area (Å²) in [6.45, 7) is 2.48. The summed E-state index contributed by atoms with van der Waals surface area (Å²) in [6.07, 6.45) is 1.79. The number of guanidine groups is 1. The number of para-hydroxylation sites is 1. The van der Waals surface area contributed by atoms with Gasteiger partial charge in [0.15, 0.2) is 17.5 Å². The predicted octanol–water partition coefficient (Wildman–Crippen LogP) is 2.84. The van der Waals surface area contributed by atoms with Crippen LogP contribution in [0.1, 0.15) is 16.7 Å². The van der Waals surface area contributed by atoms with Crippen molar-refractivity contribution in [1.82, 2.24) is 10.2 Å². The Morgan fingerprint density at radius 1 is 1.03 bits per heavy atom. The summed E-state index contributed by atoms with van der Waals surface area (Å²) in [5.74, 6) is 2.27. The number of carbonyl (C=O) groups excluding carboxylic acids is 1. The number of aliphatic imine (C=N–C) groups is 1. The fourth-order valence-electron chi connectivity index (χ4n) is 4.24. The molecule has 0 unspecified atom stereocenters. The molecule has 2 aromatic rings. The summed E-state index contributed by atoms with van der Waals surface area (Å²) in [7, 11) is 5.05. The van der Waals surface area contributed by atoms with Crippen LogP contribution in [0.4, 0.5) is 5.69 Å². The van der Waals surface area contributed by atoms with Gasteiger partial charge >= 0.3 is 0 Å². The van der Waals surface area contributed by atoms with Crippen LogP contribution in [0.5, 0.6) is 11.5 Å². The topological polar surface area (TPSA) is 66.4 Å². The van der Waals surface area contributed by atoms with E-state index in [-0.39, 0.29) is 36.4 Å². The maximum Gasteiger partial charge on any atom is 0.246 e. The second-order valence-electron chi connectivity index (χ2n) is 7.47. The molecule has 0 saturated carbocycles. The van der Waals surface area contributed by atoms with Crippen molar-refractivity contribution in [3.05, 3.63) is 53.1 Å². The van der Waals surface area contributed by atoms with Crippen LogP contribution in [0, 0.1) is 0 Å². The number of anilines is 1. The van der Waals surface area contributed by atoms with Gasteiger partial charge in [-0.3, -0.25) is 9.79 Å². The van der Waals surface area contributed by atoms with Gasteiger partial charge in [-0.05, 0) is 47.7 Å². The molecule has 2 heterocycles. The van der Waals surface area contributed by atoms with Crippen LogP contribution < -0.4 is 19.7 Å². The molecule has 1 N–H and O–H groups in total. The molecule has 1 amide bonds. The number of hydrogen-bond donors (Lipinski definition) is 1. The smallest absolute Gasteiger partial charge is 0.246 e. The van der Waals surface area contributed by atoms with E-state index in [1.165, 1.54) is 16.7 Å². The minimum atomic E-state index is 0. The quantitative estimate of drug-likeness (QED) is 0.370. The lowest BCUT2D eigenvalue weighted by Crippen LogP contribution is -2.47. The van der Waals surface area contributed by atoms with Crippen molar-refractivity contribution in [3.63, 3.8) is 0 Å². The van der Waals surface area contributed by atoms with Gasteiger partial charge in [-0.1, -0.05) is 18.2 Å². The van der Waals surface area contributed by atoms with Crippen molar-refractivity contribution in [2.24, 2.45) is 4.99 Å². The first-order chi connectivity index (χ1) is 14.6. The van der Waals surface area contributed by atoms with E-state index in [0.29, 0.717) is 6.54 Å². The molecule has 0 bridgehead atoms. The van der Waals surface area contributed by atoms with Crippen LogP contribution in [-0.4, -0.2) is 57.7 Å². The minimum Gasteiger partial charge on any atom is -0.493 e. The average Bonchev–Trinajstić information content (AvgIpc) is 3.22. The highest BCUT2D eigenvalue weighted by molar-refractivity contribution is 14.0. The first kappa shape index (κ1) is 23.2. The summed E-state index contributed by atoms with van der Waals surface area (Å²) >= 11 is 0. The molecule has 0 fully saturated rings. The second kappa shape index (κ2) is 10.2. The van der Waals surface area contributed by atoms with Gasteiger partial charge in [0, 0.05) is 32.4 Å². The van der Waals surface area contributed by atoms with Crippen LogP contribution >= 0.6 is 24.0 Å². The van der Waals surface area contributed by atoms with Gasteiger partial charge < -0.3 is 24.6 Å². The molecule has 0 atom stereocenters. The Morgan fingerprint density at radius 2 is 1.71 bits per heavy atom. The van der Waals surface area contributed by atoms with Gasteiger partial charge in [-0.25, -0.2) is 0 Å². The lowest BCUT2D eigenvalue weighted by Gasteiger charge is -2.32. The van der Waals surface area contributed by atoms with E-state index in [9.17, 15) is 4.79 Å². The van der Waals surface area contributed by atoms with E-state index in [1.807, 2.05) is 29.2 Å². The normalized spacial score (nSPS) is 15.0. The summed E-state index contributed by atoms with van der Waals surface area (Å²) < 4.78 is 10.9. The zero-order valence-electron chi connectivity index (χ0n) is 18.2. The number of halogens is 1. The van der Waals surface area contributed by atoms with Crippen molar-refractivity contribution in [2.45, 2.75) is 19.4 Å². The highest BCUT2D eigenvalue weighted by atomic mass is 127. The number of rotatable bonds is 4. The predicted molar refractivity (Wildman–Crippen MR) is 133 cm³/mol. The molecule has 7 nitrogen and oxygen atoms in total. The molecule has 2 aromatic carbocycles. The number of fused-ring (bicyclic) bond motifs is 2. The van der Waals surface area contributed by atoms with Crippen molar-refractivity contribution >= 4 is 41.5 Å². The van der Waals surface area contributed by atoms with E-state index in [2.05, 4.69) is 27.3 Å². The van der Waals surface area contributed by atoms with Gasteiger partial charge in [0.05, 0.1) is 20.8 Å². The molecule has 0 saturated heterocycles. The van der Waals surface area contributed by atoms with Gasteiger partial charge in [0.1, 0.15) is 0 Å². The third-order valence-electron chi connectivity index (χ3n) is 5.82. The van der Waals surface area contributed by atoms with Crippen LogP contribution in [0.2, 0.25) is 0 Å². The maximum atomic E-state index is 12.8. The van der Waals surface area contributed by atoms with Crippen LogP contribution in [0.3, 0.4) is 0 Å². The standard InChI is InChI=1S/C23H28N4O3.HI/c1-24-23(25-14-22(28)27-11-9-16-6-4-5-7-19(16)27)26-10-8-17-12-20(29-2)21(30-3)13-18(17)15-26;/h4-7,12-13H,8-11,14-15H2,1-3H3,(H,24,25);1H. The molecule has 166 valence electrons. The summed E-state index contributed by atoms with van der Waals surface area (Å²) in [4.78, 5) is 21.3. The van der Waals surface area contributed by atoms with E-state index in [1.54, 1.807) is 21.3 Å².